The molecule has 2 N–H and O–H groups in total. The van der Waals surface area contributed by atoms with Crippen molar-refractivity contribution in [2.45, 2.75) is 19.5 Å². The van der Waals surface area contributed by atoms with E-state index >= 15 is 0 Å². The zero-order valence-electron chi connectivity index (χ0n) is 14.8. The molecule has 3 amide bonds. The maximum atomic E-state index is 12.5. The number of rotatable bonds is 2. The van der Waals surface area contributed by atoms with Crippen molar-refractivity contribution < 1.29 is 14.7 Å². The van der Waals surface area contributed by atoms with Crippen LogP contribution < -0.4 is 5.32 Å². The van der Waals surface area contributed by atoms with E-state index < -0.39 is 6.09 Å². The van der Waals surface area contributed by atoms with Gasteiger partial charge in [0.2, 0.25) is 0 Å². The maximum Gasteiger partial charge on any atom is 0.407 e. The molecule has 0 fully saturated rings. The van der Waals surface area contributed by atoms with Crippen LogP contribution in [0.2, 0.25) is 0 Å². The average molecular weight is 364 g/mol. The number of carboxylic acid groups (broad SMARTS) is 1. The van der Waals surface area contributed by atoms with Crippen molar-refractivity contribution in [3.63, 3.8) is 0 Å². The lowest BCUT2D eigenvalue weighted by molar-refractivity contribution is 0.150. The molecule has 0 aliphatic carbocycles. The van der Waals surface area contributed by atoms with Gasteiger partial charge < -0.3 is 20.2 Å². The lowest BCUT2D eigenvalue weighted by Crippen LogP contribution is -2.33. The highest BCUT2D eigenvalue weighted by Crippen LogP contribution is 2.25. The first-order chi connectivity index (χ1) is 13.1. The molecule has 138 valence electrons. The molecule has 27 heavy (non-hydrogen) atoms. The summed E-state index contributed by atoms with van der Waals surface area (Å²) in [6, 6.07) is 9.49. The minimum Gasteiger partial charge on any atom is -0.465 e. The summed E-state index contributed by atoms with van der Waals surface area (Å²) in [7, 11) is 0. The SMILES string of the molecule is O=C(O)N1CC=C(c2ccc(NC(=O)N3Cc4ccncc4C3)cc2)CC1. The van der Waals surface area contributed by atoms with Crippen LogP contribution in [0.4, 0.5) is 15.3 Å². The van der Waals surface area contributed by atoms with E-state index in [0.717, 1.165) is 28.0 Å². The molecule has 0 atom stereocenters. The topological polar surface area (TPSA) is 85.8 Å². The molecule has 0 spiro atoms. The Balaban J connectivity index is 1.37. The lowest BCUT2D eigenvalue weighted by atomic mass is 9.99. The number of benzene rings is 1. The van der Waals surface area contributed by atoms with Gasteiger partial charge in [0, 0.05) is 44.3 Å². The second kappa shape index (κ2) is 7.11. The van der Waals surface area contributed by atoms with Crippen LogP contribution in [-0.2, 0) is 13.1 Å². The summed E-state index contributed by atoms with van der Waals surface area (Å²) in [6.45, 7) is 2.08. The fraction of sp³-hybridized carbons (Fsp3) is 0.250. The van der Waals surface area contributed by atoms with Crippen molar-refractivity contribution >= 4 is 23.4 Å². The Labute approximate surface area is 156 Å². The van der Waals surface area contributed by atoms with E-state index in [0.29, 0.717) is 32.6 Å². The molecule has 0 saturated carbocycles. The molecule has 0 radical (unpaired) electrons. The Morgan fingerprint density at radius 1 is 1.04 bits per heavy atom. The predicted octanol–water partition coefficient (Wildman–Crippen LogP) is 3.40. The van der Waals surface area contributed by atoms with Crippen LogP contribution in [0.3, 0.4) is 0 Å². The highest BCUT2D eigenvalue weighted by molar-refractivity contribution is 5.90. The second-order valence-electron chi connectivity index (χ2n) is 6.72. The first kappa shape index (κ1) is 17.1. The van der Waals surface area contributed by atoms with Crippen molar-refractivity contribution in [3.8, 4) is 0 Å². The number of amides is 3. The number of carbonyl (C=O) groups is 2. The van der Waals surface area contributed by atoms with Gasteiger partial charge in [0.15, 0.2) is 0 Å². The van der Waals surface area contributed by atoms with Crippen molar-refractivity contribution in [2.75, 3.05) is 18.4 Å². The molecule has 7 nitrogen and oxygen atoms in total. The minimum atomic E-state index is -0.886. The highest BCUT2D eigenvalue weighted by Gasteiger charge is 2.23. The van der Waals surface area contributed by atoms with Gasteiger partial charge >= 0.3 is 12.1 Å². The third-order valence-corrected chi connectivity index (χ3v) is 5.00. The summed E-state index contributed by atoms with van der Waals surface area (Å²) in [5, 5.41) is 11.9. The van der Waals surface area contributed by atoms with Gasteiger partial charge in [0.05, 0.1) is 0 Å². The lowest BCUT2D eigenvalue weighted by Gasteiger charge is -2.24. The van der Waals surface area contributed by atoms with Crippen LogP contribution in [0.5, 0.6) is 0 Å². The maximum absolute atomic E-state index is 12.5. The van der Waals surface area contributed by atoms with Crippen LogP contribution in [0.25, 0.3) is 5.57 Å². The number of nitrogens with one attached hydrogen (secondary N) is 1. The van der Waals surface area contributed by atoms with Gasteiger partial charge in [-0.1, -0.05) is 18.2 Å². The summed E-state index contributed by atoms with van der Waals surface area (Å²) in [5.74, 6) is 0. The number of aromatic nitrogens is 1. The van der Waals surface area contributed by atoms with Crippen LogP contribution in [0.15, 0.2) is 48.8 Å². The van der Waals surface area contributed by atoms with Gasteiger partial charge in [-0.05, 0) is 46.9 Å². The molecule has 1 aromatic carbocycles. The minimum absolute atomic E-state index is 0.132. The molecule has 0 saturated heterocycles. The third-order valence-electron chi connectivity index (χ3n) is 5.00. The van der Waals surface area contributed by atoms with Gasteiger partial charge in [0.25, 0.3) is 0 Å². The Morgan fingerprint density at radius 2 is 1.81 bits per heavy atom. The zero-order chi connectivity index (χ0) is 18.8. The first-order valence-electron chi connectivity index (χ1n) is 8.85. The predicted molar refractivity (Wildman–Crippen MR) is 101 cm³/mol. The molecule has 0 unspecified atom stereocenters. The number of anilines is 1. The monoisotopic (exact) mass is 364 g/mol. The van der Waals surface area contributed by atoms with Gasteiger partial charge in [-0.15, -0.1) is 0 Å². The molecule has 4 rings (SSSR count). The van der Waals surface area contributed by atoms with Gasteiger partial charge in [-0.25, -0.2) is 9.59 Å². The fourth-order valence-electron chi connectivity index (χ4n) is 3.44. The van der Waals surface area contributed by atoms with Gasteiger partial charge in [-0.3, -0.25) is 4.98 Å². The molecule has 2 aliphatic rings. The van der Waals surface area contributed by atoms with Crippen LogP contribution in [0.1, 0.15) is 23.1 Å². The van der Waals surface area contributed by atoms with Gasteiger partial charge in [0.1, 0.15) is 0 Å². The summed E-state index contributed by atoms with van der Waals surface area (Å²) in [4.78, 5) is 30.7. The second-order valence-corrected chi connectivity index (χ2v) is 6.72. The number of urea groups is 1. The molecule has 0 bridgehead atoms. The van der Waals surface area contributed by atoms with E-state index in [-0.39, 0.29) is 6.03 Å². The Hall–Kier alpha value is -3.35. The van der Waals surface area contributed by atoms with Crippen molar-refractivity contribution in [1.29, 1.82) is 0 Å². The standard InChI is InChI=1S/C20H20N4O3/c25-19(24-12-16-5-8-21-11-17(16)13-24)22-18-3-1-14(2-4-18)15-6-9-23(10-7-15)20(26)27/h1-6,8,11H,7,9-10,12-13H2,(H,22,25)(H,26,27). The van der Waals surface area contributed by atoms with Crippen LogP contribution >= 0.6 is 0 Å². The summed E-state index contributed by atoms with van der Waals surface area (Å²) >= 11 is 0. The third kappa shape index (κ3) is 3.62. The number of pyridine rings is 1. The number of nitrogens with zero attached hydrogens (tertiary/aromatic N) is 3. The average Bonchev–Trinajstić information content (AvgIpc) is 3.13. The molecule has 2 aromatic rings. The smallest absolute Gasteiger partial charge is 0.407 e. The van der Waals surface area contributed by atoms with E-state index in [1.165, 1.54) is 4.90 Å². The summed E-state index contributed by atoms with van der Waals surface area (Å²) in [6.07, 6.45) is 5.30. The van der Waals surface area contributed by atoms with Gasteiger partial charge in [-0.2, -0.15) is 0 Å². The van der Waals surface area contributed by atoms with E-state index in [2.05, 4.69) is 10.3 Å². The normalized spacial score (nSPS) is 15.9. The molecule has 7 heteroatoms. The van der Waals surface area contributed by atoms with Crippen molar-refractivity contribution in [1.82, 2.24) is 14.8 Å². The largest absolute Gasteiger partial charge is 0.465 e. The fourth-order valence-corrected chi connectivity index (χ4v) is 3.44. The number of fused-ring (bicyclic) bond motifs is 1. The Kier molecular flexibility index (Phi) is 4.50. The van der Waals surface area contributed by atoms with Crippen LogP contribution in [0, 0.1) is 0 Å². The quantitative estimate of drug-likeness (QED) is 0.855. The summed E-state index contributed by atoms with van der Waals surface area (Å²) in [5.41, 5.74) is 5.14. The summed E-state index contributed by atoms with van der Waals surface area (Å²) < 4.78 is 0. The van der Waals surface area contributed by atoms with E-state index in [9.17, 15) is 9.59 Å². The number of hydrogen-bond acceptors (Lipinski definition) is 3. The zero-order valence-corrected chi connectivity index (χ0v) is 14.8. The number of carbonyl (C=O) groups excluding carboxylic acids is 1. The molecular weight excluding hydrogens is 344 g/mol. The molecular formula is C20H20N4O3. The highest BCUT2D eigenvalue weighted by atomic mass is 16.4. The van der Waals surface area contributed by atoms with Crippen molar-refractivity contribution in [2.24, 2.45) is 0 Å². The first-order valence-corrected chi connectivity index (χ1v) is 8.85. The van der Waals surface area contributed by atoms with E-state index in [4.69, 9.17) is 5.11 Å². The number of hydrogen-bond donors (Lipinski definition) is 2. The van der Waals surface area contributed by atoms with E-state index in [1.807, 2.05) is 36.4 Å². The van der Waals surface area contributed by atoms with Crippen LogP contribution in [-0.4, -0.2) is 45.1 Å². The van der Waals surface area contributed by atoms with Crippen molar-refractivity contribution in [3.05, 3.63) is 65.5 Å². The molecule has 2 aliphatic heterocycles. The Bertz CT molecular complexity index is 883. The Morgan fingerprint density at radius 3 is 2.48 bits per heavy atom. The molecule has 3 heterocycles. The van der Waals surface area contributed by atoms with E-state index in [1.54, 1.807) is 17.3 Å². The molecule has 1 aromatic heterocycles.